The molecule has 0 aliphatic carbocycles. The van der Waals surface area contributed by atoms with Gasteiger partial charge in [0, 0.05) is 31.0 Å². The molecule has 0 radical (unpaired) electrons. The van der Waals surface area contributed by atoms with Gasteiger partial charge in [-0.15, -0.1) is 0 Å². The normalized spacial score (nSPS) is 14.2. The number of hydrogen-bond acceptors (Lipinski definition) is 4. The van der Waals surface area contributed by atoms with Gasteiger partial charge < -0.3 is 15.6 Å². The van der Waals surface area contributed by atoms with Gasteiger partial charge in [0.2, 0.25) is 10.0 Å². The van der Waals surface area contributed by atoms with E-state index in [1.165, 1.54) is 6.20 Å². The summed E-state index contributed by atoms with van der Waals surface area (Å²) in [5, 5.41) is 0. The number of aromatic nitrogens is 1. The fourth-order valence-electron chi connectivity index (χ4n) is 2.15. The van der Waals surface area contributed by atoms with E-state index in [0.29, 0.717) is 24.7 Å². The lowest BCUT2D eigenvalue weighted by Crippen LogP contribution is -2.42. The molecule has 20 heavy (non-hydrogen) atoms. The van der Waals surface area contributed by atoms with E-state index in [2.05, 4.69) is 23.6 Å². The average Bonchev–Trinajstić information content (AvgIpc) is 2.75. The van der Waals surface area contributed by atoms with E-state index in [-0.39, 0.29) is 10.9 Å². The average molecular weight is 302 g/mol. The second kappa shape index (κ2) is 7.21. The maximum atomic E-state index is 12.3. The molecule has 1 heterocycles. The number of nitrogens with one attached hydrogen (secondary N) is 2. The Balaban J connectivity index is 2.84. The van der Waals surface area contributed by atoms with Crippen LogP contribution in [0, 0.1) is 5.92 Å². The molecule has 4 N–H and O–H groups in total. The fraction of sp³-hybridized carbons (Fsp3) is 0.692. The van der Waals surface area contributed by atoms with Crippen molar-refractivity contribution in [3.63, 3.8) is 0 Å². The molecule has 0 amide bonds. The highest BCUT2D eigenvalue weighted by molar-refractivity contribution is 7.89. The van der Waals surface area contributed by atoms with Gasteiger partial charge in [-0.2, -0.15) is 0 Å². The molecule has 0 saturated heterocycles. The van der Waals surface area contributed by atoms with Crippen molar-refractivity contribution < 1.29 is 8.42 Å². The van der Waals surface area contributed by atoms with Crippen LogP contribution in [0.25, 0.3) is 0 Å². The summed E-state index contributed by atoms with van der Waals surface area (Å²) >= 11 is 0. The molecule has 1 rings (SSSR count). The molecule has 1 atom stereocenters. The van der Waals surface area contributed by atoms with Crippen molar-refractivity contribution in [3.8, 4) is 0 Å². The number of H-pyrrole nitrogens is 1. The smallest absolute Gasteiger partial charge is 0.242 e. The lowest BCUT2D eigenvalue weighted by molar-refractivity contribution is 0.329. The Morgan fingerprint density at radius 2 is 2.05 bits per heavy atom. The van der Waals surface area contributed by atoms with Crippen molar-refractivity contribution in [2.24, 2.45) is 11.7 Å². The largest absolute Gasteiger partial charge is 0.363 e. The molecule has 1 unspecified atom stereocenters. The highest BCUT2D eigenvalue weighted by atomic mass is 32.2. The number of nitrogens with zero attached hydrogens (tertiary/aromatic N) is 1. The molecule has 0 aromatic carbocycles. The van der Waals surface area contributed by atoms with Crippen LogP contribution in [0.5, 0.6) is 0 Å². The number of hydrogen-bond donors (Lipinski definition) is 3. The second-order valence-electron chi connectivity index (χ2n) is 5.77. The van der Waals surface area contributed by atoms with Crippen LogP contribution in [0.2, 0.25) is 0 Å². The monoisotopic (exact) mass is 302 g/mol. The van der Waals surface area contributed by atoms with E-state index >= 15 is 0 Å². The molecule has 6 nitrogen and oxygen atoms in total. The predicted molar refractivity (Wildman–Crippen MR) is 80.8 cm³/mol. The molecule has 1 aromatic heterocycles. The topological polar surface area (TPSA) is 91.2 Å². The first-order chi connectivity index (χ1) is 9.24. The van der Waals surface area contributed by atoms with E-state index in [0.717, 1.165) is 6.42 Å². The second-order valence-corrected chi connectivity index (χ2v) is 7.49. The summed E-state index contributed by atoms with van der Waals surface area (Å²) in [5.74, 6) is 0.425. The van der Waals surface area contributed by atoms with Gasteiger partial charge in [-0.1, -0.05) is 13.8 Å². The highest BCUT2D eigenvalue weighted by Crippen LogP contribution is 2.13. The molecule has 0 aliphatic rings. The van der Waals surface area contributed by atoms with Crippen LogP contribution >= 0.6 is 0 Å². The van der Waals surface area contributed by atoms with Crippen LogP contribution in [0.3, 0.4) is 0 Å². The van der Waals surface area contributed by atoms with Crippen LogP contribution in [0.4, 0.5) is 0 Å². The molecule has 0 bridgehead atoms. The summed E-state index contributed by atoms with van der Waals surface area (Å²) in [6.45, 7) is 5.13. The lowest BCUT2D eigenvalue weighted by Gasteiger charge is -2.23. The summed E-state index contributed by atoms with van der Waals surface area (Å²) in [5.41, 5.74) is 6.19. The first kappa shape index (κ1) is 17.2. The van der Waals surface area contributed by atoms with Crippen LogP contribution in [-0.4, -0.2) is 45.0 Å². The molecule has 0 saturated carbocycles. The SMILES string of the molecule is CC(C)CC(CN(C)C)NS(=O)(=O)c1c[nH]c(CN)c1. The van der Waals surface area contributed by atoms with Crippen LogP contribution in [0.15, 0.2) is 17.2 Å². The summed E-state index contributed by atoms with van der Waals surface area (Å²) in [4.78, 5) is 5.09. The number of rotatable bonds is 8. The lowest BCUT2D eigenvalue weighted by atomic mass is 10.0. The molecule has 7 heteroatoms. The third-order valence-electron chi connectivity index (χ3n) is 2.91. The number of aromatic amines is 1. The Kier molecular flexibility index (Phi) is 6.19. The molecular weight excluding hydrogens is 276 g/mol. The van der Waals surface area contributed by atoms with Crippen molar-refractivity contribution in [2.45, 2.75) is 37.8 Å². The summed E-state index contributed by atoms with van der Waals surface area (Å²) in [7, 11) is 0.366. The quantitative estimate of drug-likeness (QED) is 0.660. The van der Waals surface area contributed by atoms with Crippen molar-refractivity contribution in [1.29, 1.82) is 0 Å². The number of nitrogens with two attached hydrogens (primary N) is 1. The minimum absolute atomic E-state index is 0.105. The third kappa shape index (κ3) is 5.24. The van der Waals surface area contributed by atoms with Crippen molar-refractivity contribution in [2.75, 3.05) is 20.6 Å². The molecule has 0 spiro atoms. The Bertz CT molecular complexity index is 498. The first-order valence-electron chi connectivity index (χ1n) is 6.79. The van der Waals surface area contributed by atoms with Gasteiger partial charge >= 0.3 is 0 Å². The van der Waals surface area contributed by atoms with Gasteiger partial charge in [0.1, 0.15) is 0 Å². The molecule has 0 aliphatic heterocycles. The van der Waals surface area contributed by atoms with Crippen molar-refractivity contribution >= 4 is 10.0 Å². The molecule has 0 fully saturated rings. The minimum atomic E-state index is -3.50. The van der Waals surface area contributed by atoms with Gasteiger partial charge in [0.05, 0.1) is 4.90 Å². The molecule has 116 valence electrons. The first-order valence-corrected chi connectivity index (χ1v) is 8.27. The van der Waals surface area contributed by atoms with E-state index in [1.54, 1.807) is 6.07 Å². The zero-order chi connectivity index (χ0) is 15.3. The van der Waals surface area contributed by atoms with Gasteiger partial charge in [-0.05, 0) is 32.5 Å². The summed E-state index contributed by atoms with van der Waals surface area (Å²) in [6.07, 6.45) is 2.28. The Labute approximate surface area is 121 Å². The summed E-state index contributed by atoms with van der Waals surface area (Å²) < 4.78 is 27.5. The van der Waals surface area contributed by atoms with Crippen LogP contribution in [0.1, 0.15) is 26.0 Å². The highest BCUT2D eigenvalue weighted by Gasteiger charge is 2.22. The Morgan fingerprint density at radius 3 is 2.50 bits per heavy atom. The van der Waals surface area contributed by atoms with Crippen LogP contribution in [-0.2, 0) is 16.6 Å². The van der Waals surface area contributed by atoms with E-state index in [4.69, 9.17) is 5.73 Å². The standard InChI is InChI=1S/C13H26N4O2S/c1-10(2)5-12(9-17(3)4)16-20(18,19)13-6-11(7-14)15-8-13/h6,8,10,12,15-16H,5,7,9,14H2,1-4H3. The van der Waals surface area contributed by atoms with E-state index in [9.17, 15) is 8.42 Å². The van der Waals surface area contributed by atoms with E-state index < -0.39 is 10.0 Å². The number of sulfonamides is 1. The summed E-state index contributed by atoms with van der Waals surface area (Å²) in [6, 6.07) is 1.47. The van der Waals surface area contributed by atoms with Gasteiger partial charge in [-0.25, -0.2) is 13.1 Å². The third-order valence-corrected chi connectivity index (χ3v) is 4.41. The Morgan fingerprint density at radius 1 is 1.40 bits per heavy atom. The van der Waals surface area contributed by atoms with Crippen molar-refractivity contribution in [3.05, 3.63) is 18.0 Å². The van der Waals surface area contributed by atoms with Gasteiger partial charge in [0.15, 0.2) is 0 Å². The van der Waals surface area contributed by atoms with Gasteiger partial charge in [-0.3, -0.25) is 0 Å². The van der Waals surface area contributed by atoms with Crippen molar-refractivity contribution in [1.82, 2.24) is 14.6 Å². The minimum Gasteiger partial charge on any atom is -0.363 e. The van der Waals surface area contributed by atoms with Crippen LogP contribution < -0.4 is 10.5 Å². The molecular formula is C13H26N4O2S. The van der Waals surface area contributed by atoms with E-state index in [1.807, 2.05) is 19.0 Å². The molecule has 1 aromatic rings. The fourth-order valence-corrected chi connectivity index (χ4v) is 3.41. The maximum absolute atomic E-state index is 12.3. The maximum Gasteiger partial charge on any atom is 0.242 e. The number of likely N-dealkylation sites (N-methyl/N-ethyl adjacent to an activating group) is 1. The Hall–Kier alpha value is -0.890. The zero-order valence-corrected chi connectivity index (χ0v) is 13.5. The zero-order valence-electron chi connectivity index (χ0n) is 12.7. The predicted octanol–water partition coefficient (Wildman–Crippen LogP) is 0.728. The van der Waals surface area contributed by atoms with Gasteiger partial charge in [0.25, 0.3) is 0 Å².